The number of aliphatic hydroxyl groups excluding tert-OH is 3. The van der Waals surface area contributed by atoms with Crippen molar-refractivity contribution in [3.63, 3.8) is 0 Å². The molecule has 1 aromatic carbocycles. The first-order valence-corrected chi connectivity index (χ1v) is 5.79. The molecule has 0 saturated carbocycles. The van der Waals surface area contributed by atoms with Crippen molar-refractivity contribution in [2.24, 2.45) is 0 Å². The third kappa shape index (κ3) is 12.7. The second-order valence-corrected chi connectivity index (χ2v) is 3.80. The Morgan fingerprint density at radius 3 is 2.20 bits per heavy atom. The first kappa shape index (κ1) is 21.9. The average Bonchev–Trinajstić information content (AvgIpc) is 2.38. The number of hydrogen-bond acceptors (Lipinski definition) is 6. The van der Waals surface area contributed by atoms with Crippen LogP contribution in [0.5, 0.6) is 5.75 Å². The molecule has 0 radical (unpaired) electrons. The molecule has 0 aliphatic heterocycles. The Balaban J connectivity index is 0. The van der Waals surface area contributed by atoms with Crippen LogP contribution >= 0.6 is 11.6 Å². The van der Waals surface area contributed by atoms with Gasteiger partial charge in [0.25, 0.3) is 0 Å². The molecule has 1 aromatic rings. The van der Waals surface area contributed by atoms with Crippen LogP contribution in [-0.2, 0) is 9.53 Å². The fourth-order valence-corrected chi connectivity index (χ4v) is 0.993. The molecule has 20 heavy (non-hydrogen) atoms. The van der Waals surface area contributed by atoms with E-state index in [9.17, 15) is 4.79 Å². The number of benzene rings is 1. The fourth-order valence-electron chi connectivity index (χ4n) is 0.867. The first-order chi connectivity index (χ1) is 8.99. The van der Waals surface area contributed by atoms with Gasteiger partial charge in [0.1, 0.15) is 18.5 Å². The van der Waals surface area contributed by atoms with Gasteiger partial charge in [-0.1, -0.05) is 11.6 Å². The molecule has 0 fully saturated rings. The molecule has 8 heteroatoms. The zero-order valence-corrected chi connectivity index (χ0v) is 11.2. The Morgan fingerprint density at radius 2 is 1.85 bits per heavy atom. The monoisotopic (exact) mass is 316 g/mol. The molecule has 0 aromatic heterocycles. The van der Waals surface area contributed by atoms with Crippen LogP contribution in [0.15, 0.2) is 24.3 Å². The maximum atomic E-state index is 9.66. The Hall–Kier alpha value is -0.340. The van der Waals surface area contributed by atoms with Crippen LogP contribution in [0.1, 0.15) is 6.92 Å². The van der Waals surface area contributed by atoms with Gasteiger partial charge in [0.2, 0.25) is 0 Å². The van der Waals surface area contributed by atoms with E-state index in [2.05, 4.69) is 4.74 Å². The van der Waals surface area contributed by atoms with Crippen molar-refractivity contribution in [3.05, 3.63) is 29.3 Å². The summed E-state index contributed by atoms with van der Waals surface area (Å²) in [5.41, 5.74) is 0. The number of hydrogen-bond donors (Lipinski definition) is 3. The molecule has 6 nitrogen and oxygen atoms in total. The number of carbonyl (C=O) groups is 1. The topological polar surface area (TPSA) is 96.2 Å². The van der Waals surface area contributed by atoms with Crippen molar-refractivity contribution in [3.8, 4) is 5.75 Å². The summed E-state index contributed by atoms with van der Waals surface area (Å²) in [6.45, 7) is 0.497. The number of esters is 1. The molecule has 0 saturated heterocycles. The molecule has 110 valence electrons. The van der Waals surface area contributed by atoms with Crippen LogP contribution in [0.2, 0.25) is 5.02 Å². The number of halogens is 1. The summed E-state index contributed by atoms with van der Waals surface area (Å²) in [4.78, 5) is 9.66. The predicted octanol–water partition coefficient (Wildman–Crippen LogP) is -0.0772. The summed E-state index contributed by atoms with van der Waals surface area (Å²) < 4.78 is 9.10. The molecule has 1 unspecified atom stereocenters. The van der Waals surface area contributed by atoms with E-state index < -0.39 is 18.9 Å². The number of carbonyl (C=O) groups excluding carboxylic acids is 1. The van der Waals surface area contributed by atoms with Gasteiger partial charge in [-0.25, -0.2) is 0 Å². The second kappa shape index (κ2) is 13.6. The Labute approximate surface area is 144 Å². The van der Waals surface area contributed by atoms with Gasteiger partial charge in [-0.05, 0) is 24.3 Å². The van der Waals surface area contributed by atoms with Gasteiger partial charge in [-0.3, -0.25) is 4.79 Å². The van der Waals surface area contributed by atoms with Crippen molar-refractivity contribution in [2.45, 2.75) is 13.0 Å². The van der Waals surface area contributed by atoms with E-state index in [1.807, 2.05) is 0 Å². The minimum atomic E-state index is -0.837. The van der Waals surface area contributed by atoms with Gasteiger partial charge >= 0.3 is 35.5 Å². The van der Waals surface area contributed by atoms with Gasteiger partial charge < -0.3 is 24.8 Å². The van der Waals surface area contributed by atoms with Crippen LogP contribution in [0.25, 0.3) is 0 Å². The zero-order chi connectivity index (χ0) is 14.7. The average molecular weight is 317 g/mol. The molecule has 0 amide bonds. The Morgan fingerprint density at radius 1 is 1.30 bits per heavy atom. The van der Waals surface area contributed by atoms with Crippen molar-refractivity contribution >= 4 is 47.1 Å². The quantitative estimate of drug-likeness (QED) is 0.399. The van der Waals surface area contributed by atoms with Crippen LogP contribution < -0.4 is 4.74 Å². The molecule has 0 aliphatic rings. The Bertz CT molecular complexity index is 359. The molecular formula is C12H18ClNaO6. The summed E-state index contributed by atoms with van der Waals surface area (Å²) in [6, 6.07) is 6.79. The van der Waals surface area contributed by atoms with E-state index in [1.54, 1.807) is 24.3 Å². The van der Waals surface area contributed by atoms with Gasteiger partial charge in [0.15, 0.2) is 6.79 Å². The third-order valence-corrected chi connectivity index (χ3v) is 1.99. The predicted molar refractivity (Wildman–Crippen MR) is 76.0 cm³/mol. The van der Waals surface area contributed by atoms with Crippen molar-refractivity contribution in [2.75, 3.05) is 20.0 Å². The van der Waals surface area contributed by atoms with Crippen molar-refractivity contribution in [1.29, 1.82) is 0 Å². The summed E-state index contributed by atoms with van der Waals surface area (Å²) >= 11 is 5.66. The normalized spacial score (nSPS) is 10.4. The van der Waals surface area contributed by atoms with Gasteiger partial charge in [0.05, 0.1) is 6.61 Å². The summed E-state index contributed by atoms with van der Waals surface area (Å²) in [6.07, 6.45) is -0.837. The zero-order valence-electron chi connectivity index (χ0n) is 10.5. The molecule has 1 atom stereocenters. The molecule has 1 rings (SSSR count). The van der Waals surface area contributed by atoms with Crippen molar-refractivity contribution < 1.29 is 29.6 Å². The molecule has 0 bridgehead atoms. The van der Waals surface area contributed by atoms with E-state index in [-0.39, 0.29) is 42.8 Å². The van der Waals surface area contributed by atoms with Gasteiger partial charge in [-0.2, -0.15) is 0 Å². The summed E-state index contributed by atoms with van der Waals surface area (Å²) in [5, 5.41) is 25.9. The number of ether oxygens (including phenoxy) is 2. The van der Waals surface area contributed by atoms with Crippen LogP contribution in [-0.4, -0.2) is 77.0 Å². The van der Waals surface area contributed by atoms with E-state index >= 15 is 0 Å². The van der Waals surface area contributed by atoms with E-state index in [0.717, 1.165) is 0 Å². The first-order valence-electron chi connectivity index (χ1n) is 5.41. The standard InChI is InChI=1S/C9H11ClO3.C3H6O3.Na.H/c10-7-1-3-9(4-2-7)13-6-8(12)5-11;1-3(5)6-2-4;;/h1-4,8,11-12H,5-6H2;4H,2H2,1H3;;. The van der Waals surface area contributed by atoms with E-state index in [4.69, 9.17) is 31.7 Å². The van der Waals surface area contributed by atoms with Gasteiger partial charge in [-0.15, -0.1) is 0 Å². The number of aliphatic hydroxyl groups is 3. The van der Waals surface area contributed by atoms with E-state index in [0.29, 0.717) is 10.8 Å². The Kier molecular flexibility index (Phi) is 15.0. The molecular weight excluding hydrogens is 299 g/mol. The third-order valence-electron chi connectivity index (χ3n) is 1.73. The second-order valence-electron chi connectivity index (χ2n) is 3.37. The molecule has 0 aliphatic carbocycles. The van der Waals surface area contributed by atoms with Crippen LogP contribution in [0.4, 0.5) is 0 Å². The van der Waals surface area contributed by atoms with Crippen LogP contribution in [0.3, 0.4) is 0 Å². The molecule has 3 N–H and O–H groups in total. The number of rotatable bonds is 5. The molecule has 0 heterocycles. The minimum absolute atomic E-state index is 0. The van der Waals surface area contributed by atoms with Crippen LogP contribution in [0, 0.1) is 0 Å². The van der Waals surface area contributed by atoms with E-state index in [1.165, 1.54) is 6.92 Å². The maximum absolute atomic E-state index is 9.66. The van der Waals surface area contributed by atoms with Gasteiger partial charge in [0, 0.05) is 11.9 Å². The van der Waals surface area contributed by atoms with Crippen molar-refractivity contribution in [1.82, 2.24) is 0 Å². The summed E-state index contributed by atoms with van der Waals surface area (Å²) in [5.74, 6) is 0.161. The molecule has 0 spiro atoms. The fraction of sp³-hybridized carbons (Fsp3) is 0.417. The summed E-state index contributed by atoms with van der Waals surface area (Å²) in [7, 11) is 0. The SMILES string of the molecule is CC(=O)OCO.OCC(O)COc1ccc(Cl)cc1.[NaH].